The molecule has 4 aliphatic carbocycles. The number of fused-ring (bicyclic) bond motifs is 7. The van der Waals surface area contributed by atoms with Gasteiger partial charge in [0, 0.05) is 29.6 Å². The lowest BCUT2D eigenvalue weighted by Gasteiger charge is -2.64. The average Bonchev–Trinajstić information content (AvgIpc) is 2.99. The maximum absolute atomic E-state index is 14.3. The van der Waals surface area contributed by atoms with Crippen LogP contribution < -0.4 is 0 Å². The van der Waals surface area contributed by atoms with Gasteiger partial charge >= 0.3 is 0 Å². The maximum Gasteiger partial charge on any atom is 0.170 e. The van der Waals surface area contributed by atoms with Crippen molar-refractivity contribution in [2.45, 2.75) is 104 Å². The van der Waals surface area contributed by atoms with Crippen molar-refractivity contribution in [3.05, 3.63) is 23.3 Å². The normalized spacial score (nSPS) is 52.2. The molecule has 0 aromatic rings. The zero-order valence-electron chi connectivity index (χ0n) is 22.9. The van der Waals surface area contributed by atoms with Gasteiger partial charge in [0.05, 0.1) is 24.4 Å². The van der Waals surface area contributed by atoms with Gasteiger partial charge in [0.2, 0.25) is 0 Å². The molecule has 5 aliphatic rings. The highest BCUT2D eigenvalue weighted by Gasteiger charge is 2.75. The van der Waals surface area contributed by atoms with Gasteiger partial charge in [-0.25, -0.2) is 0 Å². The topological polar surface area (TPSA) is 104 Å². The fraction of sp³-hybridized carbons (Fsp3) is 0.800. The maximum atomic E-state index is 14.3. The summed E-state index contributed by atoms with van der Waals surface area (Å²) in [6, 6.07) is 0. The zero-order valence-corrected chi connectivity index (χ0v) is 22.9. The quantitative estimate of drug-likeness (QED) is 0.499. The van der Waals surface area contributed by atoms with Crippen LogP contribution in [0.4, 0.5) is 0 Å². The van der Waals surface area contributed by atoms with Crippen LogP contribution in [0.2, 0.25) is 0 Å². The van der Waals surface area contributed by atoms with Gasteiger partial charge in [-0.3, -0.25) is 9.59 Å². The van der Waals surface area contributed by atoms with Gasteiger partial charge in [0.15, 0.2) is 5.78 Å². The van der Waals surface area contributed by atoms with Crippen LogP contribution in [0.15, 0.2) is 23.3 Å². The van der Waals surface area contributed by atoms with Crippen LogP contribution >= 0.6 is 0 Å². The number of Topliss-reactive ketones (excluding diaryl/α,β-unsaturated/α-hetero) is 2. The van der Waals surface area contributed by atoms with E-state index in [0.717, 1.165) is 17.6 Å². The number of rotatable bonds is 2. The lowest BCUT2D eigenvalue weighted by Crippen LogP contribution is -2.65. The SMILES string of the molecule is C/C(=C/[C@@H]1C[C@](C)(O)[C@H]2[C@@H](C[C@@]3(C)[C@@H]4CC=C5[C@@H](C[C@H](O)C(=O)C5(C)C)[C@]4(C)C(=O)C[C@]23C)O1)CO. The van der Waals surface area contributed by atoms with E-state index in [0.29, 0.717) is 25.7 Å². The molecule has 1 saturated heterocycles. The van der Waals surface area contributed by atoms with Crippen LogP contribution in [0.3, 0.4) is 0 Å². The molecule has 3 N–H and O–H groups in total. The van der Waals surface area contributed by atoms with Crippen molar-refractivity contribution in [1.29, 1.82) is 0 Å². The van der Waals surface area contributed by atoms with Crippen LogP contribution in [0.5, 0.6) is 0 Å². The Balaban J connectivity index is 1.59. The van der Waals surface area contributed by atoms with Crippen LogP contribution in [-0.4, -0.2) is 57.4 Å². The van der Waals surface area contributed by atoms with Crippen molar-refractivity contribution in [3.63, 3.8) is 0 Å². The Morgan fingerprint density at radius 2 is 1.78 bits per heavy atom. The molecule has 6 nitrogen and oxygen atoms in total. The number of aliphatic hydroxyl groups excluding tert-OH is 2. The fourth-order valence-corrected chi connectivity index (χ4v) is 9.86. The Bertz CT molecular complexity index is 1050. The van der Waals surface area contributed by atoms with Gasteiger partial charge in [-0.05, 0) is 75.2 Å². The van der Waals surface area contributed by atoms with Gasteiger partial charge < -0.3 is 20.1 Å². The molecule has 0 unspecified atom stereocenters. The first-order valence-corrected chi connectivity index (χ1v) is 13.7. The fourth-order valence-electron chi connectivity index (χ4n) is 9.86. The molecule has 4 fully saturated rings. The molecule has 10 atom stereocenters. The van der Waals surface area contributed by atoms with E-state index in [1.165, 1.54) is 0 Å². The second-order valence-electron chi connectivity index (χ2n) is 14.1. The largest absolute Gasteiger partial charge is 0.392 e. The van der Waals surface area contributed by atoms with E-state index in [9.17, 15) is 24.9 Å². The third kappa shape index (κ3) is 3.17. The first-order chi connectivity index (χ1) is 16.5. The lowest BCUT2D eigenvalue weighted by atomic mass is 9.38. The van der Waals surface area contributed by atoms with E-state index in [4.69, 9.17) is 4.74 Å². The first kappa shape index (κ1) is 26.3. The van der Waals surface area contributed by atoms with E-state index in [2.05, 4.69) is 26.8 Å². The number of allylic oxidation sites excluding steroid dienone is 2. The van der Waals surface area contributed by atoms with Crippen molar-refractivity contribution in [2.24, 2.45) is 39.4 Å². The third-order valence-corrected chi connectivity index (χ3v) is 11.7. The number of carbonyl (C=O) groups is 2. The van der Waals surface area contributed by atoms with Crippen molar-refractivity contribution in [3.8, 4) is 0 Å². The molecule has 3 saturated carbocycles. The van der Waals surface area contributed by atoms with E-state index < -0.39 is 27.9 Å². The molecule has 0 aromatic heterocycles. The molecule has 5 rings (SSSR count). The summed E-state index contributed by atoms with van der Waals surface area (Å²) in [6.45, 7) is 14.0. The molecule has 200 valence electrons. The molecule has 0 radical (unpaired) electrons. The summed E-state index contributed by atoms with van der Waals surface area (Å²) in [5.41, 5.74) is -1.33. The van der Waals surface area contributed by atoms with Crippen LogP contribution in [-0.2, 0) is 14.3 Å². The molecule has 0 aromatic carbocycles. The number of ether oxygens (including phenoxy) is 1. The molecule has 6 heteroatoms. The number of hydrogen-bond acceptors (Lipinski definition) is 6. The van der Waals surface area contributed by atoms with E-state index >= 15 is 0 Å². The summed E-state index contributed by atoms with van der Waals surface area (Å²) in [7, 11) is 0. The minimum absolute atomic E-state index is 0.0272. The summed E-state index contributed by atoms with van der Waals surface area (Å²) in [5, 5.41) is 32.1. The van der Waals surface area contributed by atoms with E-state index in [1.807, 2.05) is 33.8 Å². The standard InChI is InChI=1S/C30H44O6/c1-16(15-31)10-17-12-29(6,35)24-21(36-17)13-27(4)22-9-8-18-19(11-20(32)25(34)26(18,2)3)30(22,7)23(33)14-28(24,27)5/h8,10,17,19-22,24,31-32,35H,9,11-15H2,1-7H3/b16-10-/t17-,19-,20+,21-,22+,24+,27+,28-,29+,30+/m1/s1. The molecule has 1 aliphatic heterocycles. The number of ketones is 2. The smallest absolute Gasteiger partial charge is 0.170 e. The molecule has 0 spiro atoms. The summed E-state index contributed by atoms with van der Waals surface area (Å²) >= 11 is 0. The summed E-state index contributed by atoms with van der Waals surface area (Å²) in [4.78, 5) is 27.2. The summed E-state index contributed by atoms with van der Waals surface area (Å²) in [5.74, 6) is -0.281. The summed E-state index contributed by atoms with van der Waals surface area (Å²) in [6.07, 6.45) is 5.16. The van der Waals surface area contributed by atoms with Crippen molar-refractivity contribution in [1.82, 2.24) is 0 Å². The Morgan fingerprint density at radius 1 is 1.11 bits per heavy atom. The monoisotopic (exact) mass is 500 g/mol. The predicted molar refractivity (Wildman–Crippen MR) is 136 cm³/mol. The van der Waals surface area contributed by atoms with E-state index in [-0.39, 0.29) is 53.6 Å². The van der Waals surface area contributed by atoms with Gasteiger partial charge in [0.25, 0.3) is 0 Å². The van der Waals surface area contributed by atoms with Crippen LogP contribution in [0.1, 0.15) is 80.6 Å². The van der Waals surface area contributed by atoms with Crippen molar-refractivity contribution >= 4 is 11.6 Å². The van der Waals surface area contributed by atoms with E-state index in [1.54, 1.807) is 0 Å². The molecular weight excluding hydrogens is 456 g/mol. The summed E-state index contributed by atoms with van der Waals surface area (Å²) < 4.78 is 6.60. The lowest BCUT2D eigenvalue weighted by molar-refractivity contribution is -0.201. The van der Waals surface area contributed by atoms with Crippen LogP contribution in [0.25, 0.3) is 0 Å². The number of hydrogen-bond donors (Lipinski definition) is 3. The van der Waals surface area contributed by atoms with Gasteiger partial charge in [-0.2, -0.15) is 0 Å². The second-order valence-corrected chi connectivity index (χ2v) is 14.1. The Kier molecular flexibility index (Phi) is 5.72. The van der Waals surface area contributed by atoms with Gasteiger partial charge in [-0.1, -0.05) is 38.5 Å². The molecule has 1 heterocycles. The number of carbonyl (C=O) groups excluding carboxylic acids is 2. The molecule has 0 amide bonds. The van der Waals surface area contributed by atoms with Crippen molar-refractivity contribution in [2.75, 3.05) is 6.61 Å². The minimum atomic E-state index is -1.05. The minimum Gasteiger partial charge on any atom is -0.392 e. The molecule has 36 heavy (non-hydrogen) atoms. The highest BCUT2D eigenvalue weighted by Crippen LogP contribution is 2.75. The molecular formula is C30H44O6. The third-order valence-electron chi connectivity index (χ3n) is 11.7. The molecule has 0 bridgehead atoms. The van der Waals surface area contributed by atoms with Gasteiger partial charge in [0.1, 0.15) is 11.9 Å². The second kappa shape index (κ2) is 7.84. The van der Waals surface area contributed by atoms with Gasteiger partial charge in [-0.15, -0.1) is 0 Å². The number of aliphatic hydroxyl groups is 3. The Hall–Kier alpha value is -1.34. The predicted octanol–water partition coefficient (Wildman–Crippen LogP) is 3.77. The highest BCUT2D eigenvalue weighted by atomic mass is 16.5. The zero-order chi connectivity index (χ0) is 26.6. The Morgan fingerprint density at radius 3 is 2.42 bits per heavy atom. The Labute approximate surface area is 215 Å². The average molecular weight is 501 g/mol. The van der Waals surface area contributed by atoms with Crippen molar-refractivity contribution < 1.29 is 29.6 Å². The highest BCUT2D eigenvalue weighted by molar-refractivity contribution is 5.94. The van der Waals surface area contributed by atoms with Crippen LogP contribution in [0, 0.1) is 39.4 Å². The first-order valence-electron chi connectivity index (χ1n) is 13.7.